The SMILES string of the molecule is CCN(C=Nc1[c]cncc1)CC. The molecule has 13 heavy (non-hydrogen) atoms. The summed E-state index contributed by atoms with van der Waals surface area (Å²) in [7, 11) is 0. The molecule has 0 amide bonds. The topological polar surface area (TPSA) is 28.5 Å². The van der Waals surface area contributed by atoms with E-state index in [-0.39, 0.29) is 0 Å². The van der Waals surface area contributed by atoms with Gasteiger partial charge < -0.3 is 4.90 Å². The quantitative estimate of drug-likeness (QED) is 0.517. The van der Waals surface area contributed by atoms with Crippen LogP contribution in [-0.2, 0) is 0 Å². The molecule has 0 aliphatic rings. The predicted octanol–water partition coefficient (Wildman–Crippen LogP) is 1.88. The second kappa shape index (κ2) is 5.30. The summed E-state index contributed by atoms with van der Waals surface area (Å²) in [6, 6.07) is 4.77. The number of aromatic nitrogens is 1. The monoisotopic (exact) mass is 176 g/mol. The van der Waals surface area contributed by atoms with E-state index in [0.29, 0.717) is 0 Å². The Balaban J connectivity index is 2.57. The number of nitrogens with zero attached hydrogens (tertiary/aromatic N) is 3. The summed E-state index contributed by atoms with van der Waals surface area (Å²) in [5.41, 5.74) is 0.821. The maximum Gasteiger partial charge on any atom is 0.0912 e. The smallest absolute Gasteiger partial charge is 0.0912 e. The van der Waals surface area contributed by atoms with E-state index in [1.54, 1.807) is 12.4 Å². The van der Waals surface area contributed by atoms with E-state index < -0.39 is 0 Å². The third kappa shape index (κ3) is 3.23. The molecule has 0 atom stereocenters. The molecule has 1 aromatic rings. The zero-order chi connectivity index (χ0) is 9.52. The van der Waals surface area contributed by atoms with E-state index in [1.807, 2.05) is 12.4 Å². The molecular weight excluding hydrogens is 162 g/mol. The van der Waals surface area contributed by atoms with Crippen molar-refractivity contribution in [2.24, 2.45) is 4.99 Å². The van der Waals surface area contributed by atoms with Gasteiger partial charge in [-0.15, -0.1) is 0 Å². The third-order valence-electron chi connectivity index (χ3n) is 1.78. The Morgan fingerprint density at radius 1 is 1.54 bits per heavy atom. The average Bonchev–Trinajstić information content (AvgIpc) is 2.21. The van der Waals surface area contributed by atoms with Gasteiger partial charge in [0.1, 0.15) is 0 Å². The van der Waals surface area contributed by atoms with Crippen molar-refractivity contribution in [2.75, 3.05) is 13.1 Å². The van der Waals surface area contributed by atoms with Crippen LogP contribution in [0.2, 0.25) is 0 Å². The Hall–Kier alpha value is -1.38. The molecule has 0 N–H and O–H groups in total. The molecule has 0 spiro atoms. The van der Waals surface area contributed by atoms with Crippen molar-refractivity contribution in [2.45, 2.75) is 13.8 Å². The van der Waals surface area contributed by atoms with Crippen LogP contribution in [0.4, 0.5) is 5.69 Å². The van der Waals surface area contributed by atoms with Gasteiger partial charge in [0.2, 0.25) is 0 Å². The first kappa shape index (κ1) is 9.71. The Labute approximate surface area is 79.1 Å². The first-order valence-electron chi connectivity index (χ1n) is 4.46. The third-order valence-corrected chi connectivity index (χ3v) is 1.78. The Kier molecular flexibility index (Phi) is 3.96. The number of hydrogen-bond acceptors (Lipinski definition) is 2. The summed E-state index contributed by atoms with van der Waals surface area (Å²) in [5.74, 6) is 0. The van der Waals surface area contributed by atoms with E-state index in [9.17, 15) is 0 Å². The van der Waals surface area contributed by atoms with Gasteiger partial charge in [0.15, 0.2) is 0 Å². The van der Waals surface area contributed by atoms with E-state index in [4.69, 9.17) is 0 Å². The molecule has 69 valence electrons. The van der Waals surface area contributed by atoms with Crippen molar-refractivity contribution in [1.29, 1.82) is 0 Å². The first-order valence-corrected chi connectivity index (χ1v) is 4.46. The molecule has 0 fully saturated rings. The van der Waals surface area contributed by atoms with Crippen LogP contribution in [0.25, 0.3) is 0 Å². The van der Waals surface area contributed by atoms with Gasteiger partial charge in [-0.3, -0.25) is 4.98 Å². The van der Waals surface area contributed by atoms with Gasteiger partial charge in [-0.05, 0) is 19.9 Å². The van der Waals surface area contributed by atoms with Crippen LogP contribution in [0, 0.1) is 6.07 Å². The molecule has 0 aliphatic heterocycles. The molecule has 3 nitrogen and oxygen atoms in total. The lowest BCUT2D eigenvalue weighted by molar-refractivity contribution is 0.480. The van der Waals surface area contributed by atoms with Crippen LogP contribution in [-0.4, -0.2) is 29.3 Å². The second-order valence-corrected chi connectivity index (χ2v) is 2.59. The van der Waals surface area contributed by atoms with Crippen LogP contribution < -0.4 is 0 Å². The van der Waals surface area contributed by atoms with Crippen molar-refractivity contribution in [3.63, 3.8) is 0 Å². The Morgan fingerprint density at radius 2 is 2.31 bits per heavy atom. The lowest BCUT2D eigenvalue weighted by atomic mass is 10.4. The summed E-state index contributed by atoms with van der Waals surface area (Å²) in [5, 5.41) is 0. The molecular formula is C10H14N3. The lowest BCUT2D eigenvalue weighted by Gasteiger charge is -2.12. The Morgan fingerprint density at radius 3 is 2.85 bits per heavy atom. The van der Waals surface area contributed by atoms with Crippen molar-refractivity contribution in [3.8, 4) is 0 Å². The van der Waals surface area contributed by atoms with Gasteiger partial charge in [0.05, 0.1) is 12.0 Å². The fourth-order valence-corrected chi connectivity index (χ4v) is 0.919. The van der Waals surface area contributed by atoms with Crippen molar-refractivity contribution < 1.29 is 0 Å². The zero-order valence-electron chi connectivity index (χ0n) is 8.07. The first-order chi connectivity index (χ1) is 6.36. The summed E-state index contributed by atoms with van der Waals surface area (Å²) in [4.78, 5) is 10.2. The number of pyridine rings is 1. The minimum absolute atomic E-state index is 0.821. The van der Waals surface area contributed by atoms with Gasteiger partial charge in [0, 0.05) is 31.5 Å². The Bertz CT molecular complexity index is 252. The molecule has 0 saturated carbocycles. The average molecular weight is 176 g/mol. The fourth-order valence-electron chi connectivity index (χ4n) is 0.919. The molecule has 0 bridgehead atoms. The largest absolute Gasteiger partial charge is 0.363 e. The lowest BCUT2D eigenvalue weighted by Crippen LogP contribution is -2.20. The molecule has 1 rings (SSSR count). The maximum absolute atomic E-state index is 4.25. The van der Waals surface area contributed by atoms with Crippen LogP contribution >= 0.6 is 0 Å². The van der Waals surface area contributed by atoms with Crippen molar-refractivity contribution in [1.82, 2.24) is 9.88 Å². The van der Waals surface area contributed by atoms with Gasteiger partial charge >= 0.3 is 0 Å². The highest BCUT2D eigenvalue weighted by atomic mass is 15.1. The molecule has 1 heterocycles. The summed E-state index contributed by atoms with van der Waals surface area (Å²) in [6.07, 6.45) is 5.17. The standard InChI is InChI=1S/C10H14N3/c1-3-13(4-2)9-12-10-5-7-11-8-6-10/h5,7-9H,3-4H2,1-2H3. The molecule has 0 aromatic carbocycles. The van der Waals surface area contributed by atoms with E-state index in [0.717, 1.165) is 18.8 Å². The van der Waals surface area contributed by atoms with Crippen molar-refractivity contribution >= 4 is 12.0 Å². The highest BCUT2D eigenvalue weighted by Crippen LogP contribution is 2.05. The summed E-state index contributed by atoms with van der Waals surface area (Å²) >= 11 is 0. The van der Waals surface area contributed by atoms with Crippen molar-refractivity contribution in [3.05, 3.63) is 24.5 Å². The highest BCUT2D eigenvalue weighted by Gasteiger charge is 1.90. The normalized spacial score (nSPS) is 10.6. The number of rotatable bonds is 4. The summed E-state index contributed by atoms with van der Waals surface area (Å²) < 4.78 is 0. The van der Waals surface area contributed by atoms with Gasteiger partial charge in [-0.1, -0.05) is 0 Å². The minimum atomic E-state index is 0.821. The van der Waals surface area contributed by atoms with Crippen LogP contribution in [0.5, 0.6) is 0 Å². The molecule has 1 aromatic heterocycles. The molecule has 0 saturated heterocycles. The van der Waals surface area contributed by atoms with Gasteiger partial charge in [-0.25, -0.2) is 4.99 Å². The molecule has 0 unspecified atom stereocenters. The molecule has 1 radical (unpaired) electrons. The fraction of sp³-hybridized carbons (Fsp3) is 0.400. The molecule has 0 aliphatic carbocycles. The second-order valence-electron chi connectivity index (χ2n) is 2.59. The van der Waals surface area contributed by atoms with E-state index >= 15 is 0 Å². The van der Waals surface area contributed by atoms with Gasteiger partial charge in [0.25, 0.3) is 0 Å². The molecule has 3 heteroatoms. The number of hydrogen-bond donors (Lipinski definition) is 0. The minimum Gasteiger partial charge on any atom is -0.363 e. The highest BCUT2D eigenvalue weighted by molar-refractivity contribution is 5.60. The van der Waals surface area contributed by atoms with Gasteiger partial charge in [-0.2, -0.15) is 0 Å². The van der Waals surface area contributed by atoms with E-state index in [2.05, 4.69) is 34.8 Å². The van der Waals surface area contributed by atoms with Crippen LogP contribution in [0.15, 0.2) is 23.5 Å². The zero-order valence-corrected chi connectivity index (χ0v) is 8.07. The summed E-state index contributed by atoms with van der Waals surface area (Å²) in [6.45, 7) is 6.16. The maximum atomic E-state index is 4.25. The van der Waals surface area contributed by atoms with E-state index in [1.165, 1.54) is 0 Å². The van der Waals surface area contributed by atoms with Crippen LogP contribution in [0.3, 0.4) is 0 Å². The number of aliphatic imine (C=N–C) groups is 1. The predicted molar refractivity (Wildman–Crippen MR) is 54.1 cm³/mol. The van der Waals surface area contributed by atoms with Crippen LogP contribution in [0.1, 0.15) is 13.8 Å².